The quantitative estimate of drug-likeness (QED) is 0.0272. The number of aliphatic hydroxyl groups is 1. The lowest BCUT2D eigenvalue weighted by molar-refractivity contribution is -0.870. The molecule has 388 valence electrons. The van der Waals surface area contributed by atoms with Gasteiger partial charge in [0.2, 0.25) is 5.91 Å². The molecule has 1 amide bonds. The standard InChI is InChI=1S/C58H105N2O6P/c1-6-8-10-12-14-16-18-20-22-24-25-26-27-28-29-30-31-32-33-34-36-37-39-41-43-45-47-49-51-57(61)56(55-66-67(63,64)65-54-53-60(3,4)5)59-58(62)52-50-48-46-44-42-40-38-35-23-21-19-17-15-13-11-9-7-2/h9,11,15,17,21,23,38,40-41,43-44,46,49,51,56-57,61H,6-8,10,12-14,16,18-20,22,24-37,39,42,45,47-48,50,52-55H2,1-5H3,(H-,59,62,63,64)/b11-9-,17-15-,23-21-,40-38-,43-41+,46-44-,51-49+. The van der Waals surface area contributed by atoms with Gasteiger partial charge < -0.3 is 28.8 Å². The SMILES string of the molecule is CC/C=C\C/C=C\C/C=C\C/C=C\C/C=C\CCCC(=O)NC(COP(=O)([O-])OCC[N+](C)(C)C)C(O)/C=C/CC/C=C/CCCCCCCCCCCCCCCCCCCCCCCC. The first-order valence-electron chi connectivity index (χ1n) is 27.4. The molecule has 0 radical (unpaired) electrons. The highest BCUT2D eigenvalue weighted by atomic mass is 31.2. The molecule has 0 spiro atoms. The lowest BCUT2D eigenvalue weighted by Gasteiger charge is -2.29. The molecular formula is C58H105N2O6P. The van der Waals surface area contributed by atoms with Gasteiger partial charge in [0, 0.05) is 6.42 Å². The van der Waals surface area contributed by atoms with Crippen LogP contribution in [0.3, 0.4) is 0 Å². The third kappa shape index (κ3) is 51.4. The minimum Gasteiger partial charge on any atom is -0.756 e. The minimum atomic E-state index is -4.62. The Kier molecular flexibility index (Phi) is 47.0. The zero-order chi connectivity index (χ0) is 49.2. The maximum Gasteiger partial charge on any atom is 0.268 e. The van der Waals surface area contributed by atoms with Crippen LogP contribution in [0.2, 0.25) is 0 Å². The van der Waals surface area contributed by atoms with E-state index >= 15 is 0 Å². The molecule has 0 aliphatic heterocycles. The largest absolute Gasteiger partial charge is 0.756 e. The molecule has 3 unspecified atom stereocenters. The Hall–Kier alpha value is -2.32. The van der Waals surface area contributed by atoms with Gasteiger partial charge in [0.15, 0.2) is 0 Å². The highest BCUT2D eigenvalue weighted by molar-refractivity contribution is 7.45. The molecular weight excluding hydrogens is 852 g/mol. The molecule has 0 bridgehead atoms. The number of rotatable bonds is 49. The number of aliphatic hydroxyl groups excluding tert-OH is 1. The van der Waals surface area contributed by atoms with E-state index in [-0.39, 0.29) is 18.9 Å². The number of phosphoric acid groups is 1. The van der Waals surface area contributed by atoms with Crippen LogP contribution in [0.1, 0.15) is 226 Å². The van der Waals surface area contributed by atoms with E-state index in [1.165, 1.54) is 141 Å². The van der Waals surface area contributed by atoms with E-state index in [1.807, 2.05) is 27.2 Å². The Bertz CT molecular complexity index is 1360. The number of allylic oxidation sites excluding steroid dienone is 13. The molecule has 8 nitrogen and oxygen atoms in total. The van der Waals surface area contributed by atoms with Gasteiger partial charge in [0.1, 0.15) is 13.2 Å². The predicted octanol–water partition coefficient (Wildman–Crippen LogP) is 15.8. The van der Waals surface area contributed by atoms with Crippen molar-refractivity contribution in [2.24, 2.45) is 0 Å². The van der Waals surface area contributed by atoms with E-state index in [9.17, 15) is 19.4 Å². The Labute approximate surface area is 414 Å². The predicted molar refractivity (Wildman–Crippen MR) is 288 cm³/mol. The number of quaternary nitrogens is 1. The van der Waals surface area contributed by atoms with Gasteiger partial charge in [-0.25, -0.2) is 0 Å². The third-order valence-corrected chi connectivity index (χ3v) is 12.8. The summed E-state index contributed by atoms with van der Waals surface area (Å²) < 4.78 is 23.2. The van der Waals surface area contributed by atoms with Crippen molar-refractivity contribution in [3.63, 3.8) is 0 Å². The summed E-state index contributed by atoms with van der Waals surface area (Å²) in [6.45, 7) is 4.47. The molecule has 0 heterocycles. The molecule has 0 saturated carbocycles. The number of hydrogen-bond donors (Lipinski definition) is 2. The number of hydrogen-bond acceptors (Lipinski definition) is 6. The first kappa shape index (κ1) is 64.7. The number of carbonyl (C=O) groups excluding carboxylic acids is 1. The van der Waals surface area contributed by atoms with E-state index < -0.39 is 26.6 Å². The molecule has 0 fully saturated rings. The first-order valence-corrected chi connectivity index (χ1v) is 28.9. The van der Waals surface area contributed by atoms with Gasteiger partial charge in [-0.3, -0.25) is 9.36 Å². The molecule has 0 saturated heterocycles. The Morgan fingerprint density at radius 3 is 1.39 bits per heavy atom. The second-order valence-electron chi connectivity index (χ2n) is 19.5. The summed E-state index contributed by atoms with van der Waals surface area (Å²) in [5.74, 6) is -0.265. The fraction of sp³-hybridized carbons (Fsp3) is 0.741. The van der Waals surface area contributed by atoms with Crippen molar-refractivity contribution < 1.29 is 32.9 Å². The smallest absolute Gasteiger partial charge is 0.268 e. The van der Waals surface area contributed by atoms with Crippen molar-refractivity contribution in [3.8, 4) is 0 Å². The van der Waals surface area contributed by atoms with Gasteiger partial charge in [-0.1, -0.05) is 234 Å². The number of likely N-dealkylation sites (N-methyl/N-ethyl adjacent to an activating group) is 1. The van der Waals surface area contributed by atoms with Crippen LogP contribution >= 0.6 is 7.82 Å². The highest BCUT2D eigenvalue weighted by Crippen LogP contribution is 2.38. The second kappa shape index (κ2) is 48.7. The number of unbranched alkanes of at least 4 members (excludes halogenated alkanes) is 24. The lowest BCUT2D eigenvalue weighted by atomic mass is 10.0. The summed E-state index contributed by atoms with van der Waals surface area (Å²) in [4.78, 5) is 25.4. The van der Waals surface area contributed by atoms with E-state index in [0.717, 1.165) is 57.8 Å². The van der Waals surface area contributed by atoms with Crippen LogP contribution in [0, 0.1) is 0 Å². The summed E-state index contributed by atoms with van der Waals surface area (Å²) in [5, 5.41) is 13.8. The van der Waals surface area contributed by atoms with E-state index in [1.54, 1.807) is 6.08 Å². The number of carbonyl (C=O) groups is 1. The van der Waals surface area contributed by atoms with Gasteiger partial charge in [0.25, 0.3) is 7.82 Å². The van der Waals surface area contributed by atoms with Crippen molar-refractivity contribution in [1.29, 1.82) is 0 Å². The Balaban J connectivity index is 4.32. The lowest BCUT2D eigenvalue weighted by Crippen LogP contribution is -2.45. The van der Waals surface area contributed by atoms with Crippen molar-refractivity contribution in [2.45, 2.75) is 238 Å². The second-order valence-corrected chi connectivity index (χ2v) is 21.0. The summed E-state index contributed by atoms with van der Waals surface area (Å²) >= 11 is 0. The van der Waals surface area contributed by atoms with Crippen molar-refractivity contribution in [2.75, 3.05) is 40.9 Å². The zero-order valence-corrected chi connectivity index (χ0v) is 45.0. The topological polar surface area (TPSA) is 108 Å². The number of nitrogens with one attached hydrogen (secondary N) is 1. The summed E-state index contributed by atoms with van der Waals surface area (Å²) in [5.41, 5.74) is 0. The Morgan fingerprint density at radius 1 is 0.537 bits per heavy atom. The number of phosphoric ester groups is 1. The number of nitrogens with zero attached hydrogens (tertiary/aromatic N) is 1. The molecule has 3 atom stereocenters. The Morgan fingerprint density at radius 2 is 0.925 bits per heavy atom. The molecule has 2 N–H and O–H groups in total. The third-order valence-electron chi connectivity index (χ3n) is 11.8. The van der Waals surface area contributed by atoms with E-state index in [4.69, 9.17) is 9.05 Å². The van der Waals surface area contributed by atoms with Crippen LogP contribution in [0.15, 0.2) is 85.1 Å². The fourth-order valence-electron chi connectivity index (χ4n) is 7.56. The molecule has 0 aromatic carbocycles. The van der Waals surface area contributed by atoms with Crippen LogP contribution in [-0.4, -0.2) is 68.5 Å². The monoisotopic (exact) mass is 957 g/mol. The van der Waals surface area contributed by atoms with Crippen molar-refractivity contribution in [1.82, 2.24) is 5.32 Å². The van der Waals surface area contributed by atoms with Crippen molar-refractivity contribution in [3.05, 3.63) is 85.1 Å². The summed E-state index contributed by atoms with van der Waals surface area (Å²) in [6.07, 6.45) is 68.2. The molecule has 67 heavy (non-hydrogen) atoms. The molecule has 0 aromatic heterocycles. The molecule has 0 aliphatic carbocycles. The molecule has 9 heteroatoms. The highest BCUT2D eigenvalue weighted by Gasteiger charge is 2.23. The molecule has 0 aliphatic rings. The van der Waals surface area contributed by atoms with Crippen LogP contribution in [0.4, 0.5) is 0 Å². The average molecular weight is 957 g/mol. The fourth-order valence-corrected chi connectivity index (χ4v) is 8.28. The van der Waals surface area contributed by atoms with Crippen LogP contribution < -0.4 is 10.2 Å². The van der Waals surface area contributed by atoms with Crippen LogP contribution in [0.5, 0.6) is 0 Å². The van der Waals surface area contributed by atoms with Gasteiger partial charge in [-0.05, 0) is 70.6 Å². The minimum absolute atomic E-state index is 0.0211. The maximum atomic E-state index is 12.9. The zero-order valence-electron chi connectivity index (χ0n) is 44.1. The molecule has 0 rings (SSSR count). The summed E-state index contributed by atoms with van der Waals surface area (Å²) in [7, 11) is 1.20. The van der Waals surface area contributed by atoms with Crippen LogP contribution in [-0.2, 0) is 18.4 Å². The van der Waals surface area contributed by atoms with Crippen molar-refractivity contribution >= 4 is 13.7 Å². The normalized spacial score (nSPS) is 14.7. The summed E-state index contributed by atoms with van der Waals surface area (Å²) in [6, 6.07) is -0.939. The average Bonchev–Trinajstić information content (AvgIpc) is 3.29. The van der Waals surface area contributed by atoms with Gasteiger partial charge >= 0.3 is 0 Å². The maximum absolute atomic E-state index is 12.9. The van der Waals surface area contributed by atoms with E-state index in [2.05, 4.69) is 92.1 Å². The van der Waals surface area contributed by atoms with Gasteiger partial charge in [0.05, 0.1) is 39.9 Å². The van der Waals surface area contributed by atoms with Gasteiger partial charge in [-0.15, -0.1) is 0 Å². The van der Waals surface area contributed by atoms with E-state index in [0.29, 0.717) is 17.4 Å². The number of amides is 1. The molecule has 0 aromatic rings. The van der Waals surface area contributed by atoms with Crippen LogP contribution in [0.25, 0.3) is 0 Å². The van der Waals surface area contributed by atoms with Gasteiger partial charge in [-0.2, -0.15) is 0 Å². The first-order chi connectivity index (χ1) is 32.5.